The van der Waals surface area contributed by atoms with Gasteiger partial charge in [0.15, 0.2) is 0 Å². The quantitative estimate of drug-likeness (QED) is 0.562. The summed E-state index contributed by atoms with van der Waals surface area (Å²) in [6.07, 6.45) is 4.69. The van der Waals surface area contributed by atoms with E-state index in [1.165, 1.54) is 19.3 Å². The van der Waals surface area contributed by atoms with Crippen LogP contribution >= 0.6 is 0 Å². The summed E-state index contributed by atoms with van der Waals surface area (Å²) in [5.41, 5.74) is 0. The van der Waals surface area contributed by atoms with Gasteiger partial charge in [0.25, 0.3) is 0 Å². The monoisotopic (exact) mass is 204 g/mol. The van der Waals surface area contributed by atoms with Crippen molar-refractivity contribution in [1.29, 1.82) is 0 Å². The lowest BCUT2D eigenvalue weighted by Crippen LogP contribution is -2.19. The third-order valence-corrected chi connectivity index (χ3v) is 2.06. The van der Waals surface area contributed by atoms with E-state index in [0.29, 0.717) is 13.2 Å². The lowest BCUT2D eigenvalue weighted by atomic mass is 10.1. The zero-order valence-electron chi connectivity index (χ0n) is 9.41. The number of hydrogen-bond acceptors (Lipinski definition) is 3. The molecule has 2 atom stereocenters. The van der Waals surface area contributed by atoms with Crippen LogP contribution in [0.3, 0.4) is 0 Å². The van der Waals surface area contributed by atoms with Crippen molar-refractivity contribution in [3.05, 3.63) is 0 Å². The molecule has 3 heteroatoms. The summed E-state index contributed by atoms with van der Waals surface area (Å²) >= 11 is 0. The molecule has 0 saturated heterocycles. The third-order valence-electron chi connectivity index (χ3n) is 2.06. The lowest BCUT2D eigenvalue weighted by Gasteiger charge is -2.11. The fourth-order valence-electron chi connectivity index (χ4n) is 1.26. The molecule has 14 heavy (non-hydrogen) atoms. The number of ether oxygens (including phenoxy) is 1. The highest BCUT2D eigenvalue weighted by Crippen LogP contribution is 2.05. The van der Waals surface area contributed by atoms with Gasteiger partial charge in [-0.3, -0.25) is 0 Å². The van der Waals surface area contributed by atoms with Crippen LogP contribution in [0.5, 0.6) is 0 Å². The minimum absolute atomic E-state index is 0.312. The summed E-state index contributed by atoms with van der Waals surface area (Å²) in [5, 5.41) is 18.4. The maximum Gasteiger partial charge on any atom is 0.0773 e. The van der Waals surface area contributed by atoms with Gasteiger partial charge in [-0.2, -0.15) is 0 Å². The molecule has 0 aliphatic heterocycles. The molecule has 0 bridgehead atoms. The SMILES string of the molecule is CCCCCCC(O)COCC(C)O. The first-order valence-corrected chi connectivity index (χ1v) is 5.60. The molecule has 0 spiro atoms. The second-order valence-electron chi connectivity index (χ2n) is 3.89. The second-order valence-corrected chi connectivity index (χ2v) is 3.89. The highest BCUT2D eigenvalue weighted by atomic mass is 16.5. The highest BCUT2D eigenvalue weighted by Gasteiger charge is 2.04. The summed E-state index contributed by atoms with van der Waals surface area (Å²) in [6.45, 7) is 4.50. The van der Waals surface area contributed by atoms with Crippen LogP contribution in [0.1, 0.15) is 46.0 Å². The molecule has 0 aromatic rings. The van der Waals surface area contributed by atoms with Gasteiger partial charge in [0.2, 0.25) is 0 Å². The van der Waals surface area contributed by atoms with E-state index in [2.05, 4.69) is 6.92 Å². The molecule has 2 N–H and O–H groups in total. The van der Waals surface area contributed by atoms with Gasteiger partial charge in [0.1, 0.15) is 0 Å². The second kappa shape index (κ2) is 9.44. The first kappa shape index (κ1) is 13.9. The molecule has 3 nitrogen and oxygen atoms in total. The normalized spacial score (nSPS) is 15.4. The Balaban J connectivity index is 3.15. The number of aliphatic hydroxyl groups is 2. The van der Waals surface area contributed by atoms with Crippen molar-refractivity contribution in [2.24, 2.45) is 0 Å². The topological polar surface area (TPSA) is 49.7 Å². The molecule has 2 unspecified atom stereocenters. The Kier molecular flexibility index (Phi) is 9.35. The Morgan fingerprint density at radius 1 is 1.07 bits per heavy atom. The van der Waals surface area contributed by atoms with Crippen LogP contribution in [-0.2, 0) is 4.74 Å². The molecule has 0 aromatic carbocycles. The molecule has 0 heterocycles. The zero-order chi connectivity index (χ0) is 10.8. The first-order chi connectivity index (χ1) is 6.66. The smallest absolute Gasteiger partial charge is 0.0773 e. The van der Waals surface area contributed by atoms with E-state index < -0.39 is 6.10 Å². The maximum absolute atomic E-state index is 9.45. The molecule has 0 fully saturated rings. The van der Waals surface area contributed by atoms with Crippen molar-refractivity contribution >= 4 is 0 Å². The molecule has 0 aliphatic carbocycles. The van der Waals surface area contributed by atoms with Gasteiger partial charge in [-0.25, -0.2) is 0 Å². The Bertz CT molecular complexity index is 115. The maximum atomic E-state index is 9.45. The summed E-state index contributed by atoms with van der Waals surface area (Å²) in [7, 11) is 0. The predicted molar refractivity (Wildman–Crippen MR) is 57.3 cm³/mol. The average Bonchev–Trinajstić information content (AvgIpc) is 2.12. The minimum atomic E-state index is -0.442. The van der Waals surface area contributed by atoms with Crippen molar-refractivity contribution in [2.45, 2.75) is 58.2 Å². The van der Waals surface area contributed by atoms with Crippen LogP contribution in [0.2, 0.25) is 0 Å². The highest BCUT2D eigenvalue weighted by molar-refractivity contribution is 4.55. The first-order valence-electron chi connectivity index (χ1n) is 5.60. The molecule has 0 aromatic heterocycles. The van der Waals surface area contributed by atoms with Crippen molar-refractivity contribution in [3.63, 3.8) is 0 Å². The van der Waals surface area contributed by atoms with Crippen molar-refractivity contribution in [2.75, 3.05) is 13.2 Å². The number of rotatable bonds is 9. The van der Waals surface area contributed by atoms with Crippen LogP contribution in [0.15, 0.2) is 0 Å². The fourth-order valence-corrected chi connectivity index (χ4v) is 1.26. The van der Waals surface area contributed by atoms with E-state index in [0.717, 1.165) is 12.8 Å². The van der Waals surface area contributed by atoms with E-state index >= 15 is 0 Å². The number of hydrogen-bond donors (Lipinski definition) is 2. The molecular weight excluding hydrogens is 180 g/mol. The molecule has 0 saturated carbocycles. The van der Waals surface area contributed by atoms with Gasteiger partial charge >= 0.3 is 0 Å². The molecule has 86 valence electrons. The predicted octanol–water partition coefficient (Wildman–Crippen LogP) is 1.72. The van der Waals surface area contributed by atoms with E-state index in [1.807, 2.05) is 0 Å². The van der Waals surface area contributed by atoms with Gasteiger partial charge in [0, 0.05) is 0 Å². The Morgan fingerprint density at radius 3 is 2.36 bits per heavy atom. The summed E-state index contributed by atoms with van der Waals surface area (Å²) in [5.74, 6) is 0. The van der Waals surface area contributed by atoms with E-state index in [4.69, 9.17) is 9.84 Å². The summed E-state index contributed by atoms with van der Waals surface area (Å²) < 4.78 is 5.11. The van der Waals surface area contributed by atoms with Crippen LogP contribution in [0.4, 0.5) is 0 Å². The molecule has 0 aliphatic rings. The average molecular weight is 204 g/mol. The largest absolute Gasteiger partial charge is 0.391 e. The zero-order valence-corrected chi connectivity index (χ0v) is 9.41. The molecule has 0 rings (SSSR count). The van der Waals surface area contributed by atoms with Crippen LogP contribution in [0, 0.1) is 0 Å². The third kappa shape index (κ3) is 9.96. The van der Waals surface area contributed by atoms with Crippen molar-refractivity contribution in [1.82, 2.24) is 0 Å². The van der Waals surface area contributed by atoms with E-state index in [1.54, 1.807) is 6.92 Å². The van der Waals surface area contributed by atoms with Crippen LogP contribution < -0.4 is 0 Å². The van der Waals surface area contributed by atoms with Gasteiger partial charge in [-0.05, 0) is 13.3 Å². The molecular formula is C11H24O3. The van der Waals surface area contributed by atoms with Crippen LogP contribution in [0.25, 0.3) is 0 Å². The standard InChI is InChI=1S/C11H24O3/c1-3-4-5-6-7-11(13)9-14-8-10(2)12/h10-13H,3-9H2,1-2H3. The summed E-state index contributed by atoms with van der Waals surface area (Å²) in [6, 6.07) is 0. The summed E-state index contributed by atoms with van der Waals surface area (Å²) in [4.78, 5) is 0. The number of aliphatic hydroxyl groups excluding tert-OH is 2. The van der Waals surface area contributed by atoms with E-state index in [-0.39, 0.29) is 6.10 Å². The van der Waals surface area contributed by atoms with E-state index in [9.17, 15) is 5.11 Å². The number of unbranched alkanes of at least 4 members (excludes halogenated alkanes) is 3. The van der Waals surface area contributed by atoms with Gasteiger partial charge in [-0.15, -0.1) is 0 Å². The van der Waals surface area contributed by atoms with Gasteiger partial charge in [0.05, 0.1) is 25.4 Å². The van der Waals surface area contributed by atoms with Gasteiger partial charge < -0.3 is 14.9 Å². The van der Waals surface area contributed by atoms with Gasteiger partial charge in [-0.1, -0.05) is 32.6 Å². The Morgan fingerprint density at radius 2 is 1.79 bits per heavy atom. The van der Waals surface area contributed by atoms with Crippen LogP contribution in [-0.4, -0.2) is 35.6 Å². The lowest BCUT2D eigenvalue weighted by molar-refractivity contribution is -0.00504. The Hall–Kier alpha value is -0.120. The Labute approximate surface area is 87.1 Å². The molecule has 0 amide bonds. The van der Waals surface area contributed by atoms with Crippen molar-refractivity contribution in [3.8, 4) is 0 Å². The molecule has 0 radical (unpaired) electrons. The van der Waals surface area contributed by atoms with Crippen molar-refractivity contribution < 1.29 is 14.9 Å². The minimum Gasteiger partial charge on any atom is -0.391 e. The fraction of sp³-hybridized carbons (Fsp3) is 1.00.